The van der Waals surface area contributed by atoms with Crippen molar-refractivity contribution < 1.29 is 4.79 Å². The predicted molar refractivity (Wildman–Crippen MR) is 96.1 cm³/mol. The van der Waals surface area contributed by atoms with E-state index in [0.29, 0.717) is 10.7 Å². The number of imidazole rings is 1. The second-order valence-corrected chi connectivity index (χ2v) is 6.89. The third kappa shape index (κ3) is 3.35. The first kappa shape index (κ1) is 15.9. The molecule has 0 aliphatic rings. The van der Waals surface area contributed by atoms with Gasteiger partial charge in [-0.15, -0.1) is 0 Å². The maximum atomic E-state index is 12.4. The predicted octanol–water partition coefficient (Wildman–Crippen LogP) is 4.35. The molecule has 0 aliphatic heterocycles. The molecular formula is C17H16ClN3OS. The Morgan fingerprint density at radius 1 is 1.22 bits per heavy atom. The van der Waals surface area contributed by atoms with Crippen LogP contribution in [-0.2, 0) is 11.8 Å². The fourth-order valence-corrected chi connectivity index (χ4v) is 3.31. The summed E-state index contributed by atoms with van der Waals surface area (Å²) in [6, 6.07) is 15.1. The van der Waals surface area contributed by atoms with Crippen LogP contribution < -0.4 is 5.32 Å². The number of anilines is 1. The normalized spacial score (nSPS) is 12.3. The SMILES string of the molecule is C[C@H](Sc1nc2ccccc2n1C)C(=O)Nc1ccccc1Cl. The van der Waals surface area contributed by atoms with Crippen molar-refractivity contribution >= 4 is 46.0 Å². The summed E-state index contributed by atoms with van der Waals surface area (Å²) < 4.78 is 2.00. The van der Waals surface area contributed by atoms with Gasteiger partial charge >= 0.3 is 0 Å². The van der Waals surface area contributed by atoms with Gasteiger partial charge in [0.1, 0.15) is 0 Å². The Kier molecular flexibility index (Phi) is 4.59. The van der Waals surface area contributed by atoms with Crippen molar-refractivity contribution in [3.63, 3.8) is 0 Å². The number of rotatable bonds is 4. The minimum absolute atomic E-state index is 0.102. The van der Waals surface area contributed by atoms with E-state index in [9.17, 15) is 4.79 Å². The van der Waals surface area contributed by atoms with Crippen LogP contribution in [0.4, 0.5) is 5.69 Å². The highest BCUT2D eigenvalue weighted by atomic mass is 35.5. The molecule has 2 aromatic carbocycles. The number of thioether (sulfide) groups is 1. The number of halogens is 1. The maximum Gasteiger partial charge on any atom is 0.237 e. The first-order chi connectivity index (χ1) is 11.1. The second-order valence-electron chi connectivity index (χ2n) is 5.17. The lowest BCUT2D eigenvalue weighted by atomic mass is 10.3. The van der Waals surface area contributed by atoms with Gasteiger partial charge in [0, 0.05) is 7.05 Å². The van der Waals surface area contributed by atoms with Crippen LogP contribution in [0.5, 0.6) is 0 Å². The molecule has 0 aliphatic carbocycles. The molecule has 4 nitrogen and oxygen atoms in total. The topological polar surface area (TPSA) is 46.9 Å². The van der Waals surface area contributed by atoms with Gasteiger partial charge in [-0.1, -0.05) is 47.6 Å². The van der Waals surface area contributed by atoms with Gasteiger partial charge in [0.05, 0.1) is 27.0 Å². The number of para-hydroxylation sites is 3. The summed E-state index contributed by atoms with van der Waals surface area (Å²) in [4.78, 5) is 16.9. The van der Waals surface area contributed by atoms with Gasteiger partial charge in [0.2, 0.25) is 5.91 Å². The lowest BCUT2D eigenvalue weighted by Gasteiger charge is -2.12. The van der Waals surface area contributed by atoms with Crippen molar-refractivity contribution in [2.45, 2.75) is 17.3 Å². The van der Waals surface area contributed by atoms with Gasteiger partial charge in [-0.2, -0.15) is 0 Å². The molecule has 0 fully saturated rings. The lowest BCUT2D eigenvalue weighted by molar-refractivity contribution is -0.115. The van der Waals surface area contributed by atoms with Crippen LogP contribution in [0.2, 0.25) is 5.02 Å². The molecule has 1 amide bonds. The van der Waals surface area contributed by atoms with Crippen molar-refractivity contribution in [2.75, 3.05) is 5.32 Å². The summed E-state index contributed by atoms with van der Waals surface area (Å²) in [7, 11) is 1.95. The van der Waals surface area contributed by atoms with Gasteiger partial charge in [0.25, 0.3) is 0 Å². The van der Waals surface area contributed by atoms with Crippen LogP contribution in [0.25, 0.3) is 11.0 Å². The van der Waals surface area contributed by atoms with Gasteiger partial charge in [0.15, 0.2) is 5.16 Å². The zero-order valence-corrected chi connectivity index (χ0v) is 14.4. The average molecular weight is 346 g/mol. The van der Waals surface area contributed by atoms with E-state index in [1.807, 2.05) is 54.9 Å². The number of carbonyl (C=O) groups excluding carboxylic acids is 1. The van der Waals surface area contributed by atoms with E-state index < -0.39 is 0 Å². The highest BCUT2D eigenvalue weighted by Gasteiger charge is 2.19. The van der Waals surface area contributed by atoms with Crippen molar-refractivity contribution in [3.05, 3.63) is 53.6 Å². The Morgan fingerprint density at radius 2 is 1.91 bits per heavy atom. The maximum absolute atomic E-state index is 12.4. The highest BCUT2D eigenvalue weighted by Crippen LogP contribution is 2.27. The zero-order chi connectivity index (χ0) is 16.4. The van der Waals surface area contributed by atoms with E-state index in [0.717, 1.165) is 16.2 Å². The standard InChI is InChI=1S/C17H16ClN3OS/c1-11(16(22)19-13-8-4-3-7-12(13)18)23-17-20-14-9-5-6-10-15(14)21(17)2/h3-11H,1-2H3,(H,19,22)/t11-/m0/s1. The highest BCUT2D eigenvalue weighted by molar-refractivity contribution is 8.00. The van der Waals surface area contributed by atoms with E-state index in [2.05, 4.69) is 10.3 Å². The molecule has 118 valence electrons. The van der Waals surface area contributed by atoms with Crippen molar-refractivity contribution in [1.82, 2.24) is 9.55 Å². The summed E-state index contributed by atoms with van der Waals surface area (Å²) in [6.45, 7) is 1.86. The average Bonchev–Trinajstić information content (AvgIpc) is 2.86. The van der Waals surface area contributed by atoms with Crippen LogP contribution >= 0.6 is 23.4 Å². The minimum atomic E-state index is -0.290. The molecule has 1 N–H and O–H groups in total. The Balaban J connectivity index is 1.75. The summed E-state index contributed by atoms with van der Waals surface area (Å²) in [5.74, 6) is -0.102. The number of amides is 1. The number of nitrogens with one attached hydrogen (secondary N) is 1. The van der Waals surface area contributed by atoms with E-state index in [-0.39, 0.29) is 11.2 Å². The van der Waals surface area contributed by atoms with Crippen molar-refractivity contribution in [1.29, 1.82) is 0 Å². The van der Waals surface area contributed by atoms with Crippen molar-refractivity contribution in [2.24, 2.45) is 7.05 Å². The van der Waals surface area contributed by atoms with E-state index >= 15 is 0 Å². The molecule has 1 aromatic heterocycles. The van der Waals surface area contributed by atoms with Crippen LogP contribution in [-0.4, -0.2) is 20.7 Å². The summed E-state index contributed by atoms with van der Waals surface area (Å²) in [5, 5.41) is 3.91. The smallest absolute Gasteiger partial charge is 0.237 e. The molecular weight excluding hydrogens is 330 g/mol. The first-order valence-corrected chi connectivity index (χ1v) is 8.45. The number of aromatic nitrogens is 2. The Bertz CT molecular complexity index is 862. The molecule has 0 spiro atoms. The third-order valence-electron chi connectivity index (χ3n) is 3.53. The fourth-order valence-electron chi connectivity index (χ4n) is 2.24. The molecule has 0 saturated carbocycles. The lowest BCUT2D eigenvalue weighted by Crippen LogP contribution is -2.23. The molecule has 0 radical (unpaired) electrons. The molecule has 0 unspecified atom stereocenters. The molecule has 0 bridgehead atoms. The minimum Gasteiger partial charge on any atom is -0.324 e. The molecule has 23 heavy (non-hydrogen) atoms. The van der Waals surface area contributed by atoms with Crippen LogP contribution in [0.1, 0.15) is 6.92 Å². The zero-order valence-electron chi connectivity index (χ0n) is 12.8. The first-order valence-electron chi connectivity index (χ1n) is 7.20. The van der Waals surface area contributed by atoms with E-state index in [1.165, 1.54) is 11.8 Å². The number of benzene rings is 2. The number of aryl methyl sites for hydroxylation is 1. The monoisotopic (exact) mass is 345 g/mol. The number of hydrogen-bond donors (Lipinski definition) is 1. The largest absolute Gasteiger partial charge is 0.324 e. The Hall–Kier alpha value is -1.98. The molecule has 1 heterocycles. The van der Waals surface area contributed by atoms with Gasteiger partial charge in [-0.3, -0.25) is 4.79 Å². The van der Waals surface area contributed by atoms with E-state index in [4.69, 9.17) is 11.6 Å². The number of hydrogen-bond acceptors (Lipinski definition) is 3. The summed E-state index contributed by atoms with van der Waals surface area (Å²) in [5.41, 5.74) is 2.60. The van der Waals surface area contributed by atoms with Gasteiger partial charge < -0.3 is 9.88 Å². The molecule has 1 atom stereocenters. The Labute approximate surface area is 143 Å². The van der Waals surface area contributed by atoms with Crippen LogP contribution in [0.3, 0.4) is 0 Å². The van der Waals surface area contributed by atoms with E-state index in [1.54, 1.807) is 12.1 Å². The van der Waals surface area contributed by atoms with Crippen molar-refractivity contribution in [3.8, 4) is 0 Å². The number of fused-ring (bicyclic) bond motifs is 1. The van der Waals surface area contributed by atoms with Crippen LogP contribution in [0, 0.1) is 0 Å². The fraction of sp³-hybridized carbons (Fsp3) is 0.176. The molecule has 3 aromatic rings. The number of carbonyl (C=O) groups is 1. The third-order valence-corrected chi connectivity index (χ3v) is 5.00. The molecule has 6 heteroatoms. The van der Waals surface area contributed by atoms with Gasteiger partial charge in [-0.25, -0.2) is 4.98 Å². The molecule has 3 rings (SSSR count). The molecule has 0 saturated heterocycles. The summed E-state index contributed by atoms with van der Waals surface area (Å²) >= 11 is 7.50. The van der Waals surface area contributed by atoms with Crippen LogP contribution in [0.15, 0.2) is 53.7 Å². The number of nitrogens with zero attached hydrogens (tertiary/aromatic N) is 2. The second kappa shape index (κ2) is 6.64. The van der Waals surface area contributed by atoms with Gasteiger partial charge in [-0.05, 0) is 31.2 Å². The Morgan fingerprint density at radius 3 is 2.65 bits per heavy atom. The quantitative estimate of drug-likeness (QED) is 0.715. The summed E-state index contributed by atoms with van der Waals surface area (Å²) in [6.07, 6.45) is 0.